The van der Waals surface area contributed by atoms with E-state index in [1.807, 2.05) is 25.0 Å². The minimum atomic E-state index is 0.867. The summed E-state index contributed by atoms with van der Waals surface area (Å²) in [6.45, 7) is 20.5. The highest BCUT2D eigenvalue weighted by Gasteiger charge is 2.38. The van der Waals surface area contributed by atoms with Crippen LogP contribution in [0, 0.1) is 29.6 Å². The predicted molar refractivity (Wildman–Crippen MR) is 145 cm³/mol. The van der Waals surface area contributed by atoms with Gasteiger partial charge < -0.3 is 0 Å². The fraction of sp³-hybridized carbons (Fsp3) is 0.935. The molecule has 0 saturated heterocycles. The molecule has 31 heavy (non-hydrogen) atoms. The average Bonchev–Trinajstić information content (AvgIpc) is 3.22. The van der Waals surface area contributed by atoms with Crippen molar-refractivity contribution in [3.05, 3.63) is 11.1 Å². The first kappa shape index (κ1) is 30.7. The molecule has 4 atom stereocenters. The highest BCUT2D eigenvalue weighted by atomic mass is 14.4. The number of unbranched alkanes of at least 4 members (excludes halogenated alkanes) is 2. The molecular weight excluding hydrogens is 372 g/mol. The zero-order valence-corrected chi connectivity index (χ0v) is 23.5. The zero-order valence-electron chi connectivity index (χ0n) is 23.5. The second-order valence-electron chi connectivity index (χ2n) is 10.2. The van der Waals surface area contributed by atoms with Crippen LogP contribution in [-0.4, -0.2) is 0 Å². The molecule has 0 heteroatoms. The first-order valence-electron chi connectivity index (χ1n) is 14.8. The summed E-state index contributed by atoms with van der Waals surface area (Å²) < 4.78 is 0. The monoisotopic (exact) mass is 434 g/mol. The maximum absolute atomic E-state index is 2.60. The van der Waals surface area contributed by atoms with E-state index in [0.29, 0.717) is 0 Å². The summed E-state index contributed by atoms with van der Waals surface area (Å²) in [7, 11) is 0. The zero-order chi connectivity index (χ0) is 23.6. The first-order chi connectivity index (χ1) is 15.1. The summed E-state index contributed by atoms with van der Waals surface area (Å²) in [6.07, 6.45) is 21.3. The van der Waals surface area contributed by atoms with Gasteiger partial charge in [-0.2, -0.15) is 0 Å². The molecule has 2 fully saturated rings. The van der Waals surface area contributed by atoms with Crippen LogP contribution in [-0.2, 0) is 0 Å². The molecule has 186 valence electrons. The molecule has 0 heterocycles. The minimum absolute atomic E-state index is 0.867. The van der Waals surface area contributed by atoms with Gasteiger partial charge in [-0.25, -0.2) is 0 Å². The van der Waals surface area contributed by atoms with Crippen molar-refractivity contribution < 1.29 is 0 Å². The Balaban J connectivity index is 0.000000852. The molecule has 0 N–H and O–H groups in total. The molecule has 0 spiro atoms. The van der Waals surface area contributed by atoms with Crippen LogP contribution in [0.1, 0.15) is 159 Å². The van der Waals surface area contributed by atoms with Gasteiger partial charge in [0, 0.05) is 0 Å². The van der Waals surface area contributed by atoms with Gasteiger partial charge in [-0.3, -0.25) is 0 Å². The van der Waals surface area contributed by atoms with Crippen LogP contribution in [0.4, 0.5) is 0 Å². The topological polar surface area (TPSA) is 0 Å². The van der Waals surface area contributed by atoms with Gasteiger partial charge in [-0.15, -0.1) is 0 Å². The van der Waals surface area contributed by atoms with E-state index >= 15 is 0 Å². The van der Waals surface area contributed by atoms with E-state index in [1.54, 1.807) is 0 Å². The minimum Gasteiger partial charge on any atom is -0.0707 e. The molecule has 0 bridgehead atoms. The summed E-state index contributed by atoms with van der Waals surface area (Å²) in [5.74, 6) is 4.83. The third-order valence-corrected chi connectivity index (χ3v) is 8.49. The largest absolute Gasteiger partial charge is 0.0707 e. The van der Waals surface area contributed by atoms with E-state index in [2.05, 4.69) is 48.5 Å². The van der Waals surface area contributed by atoms with Crippen molar-refractivity contribution in [3.63, 3.8) is 0 Å². The highest BCUT2D eigenvalue weighted by Crippen LogP contribution is 2.50. The van der Waals surface area contributed by atoms with Crippen LogP contribution < -0.4 is 0 Å². The molecule has 2 saturated carbocycles. The van der Waals surface area contributed by atoms with Gasteiger partial charge in [-0.1, -0.05) is 118 Å². The lowest BCUT2D eigenvalue weighted by Gasteiger charge is -2.30. The molecule has 2 aliphatic carbocycles. The Morgan fingerprint density at radius 3 is 1.90 bits per heavy atom. The van der Waals surface area contributed by atoms with Gasteiger partial charge in [-0.05, 0) is 81.0 Å². The van der Waals surface area contributed by atoms with Crippen LogP contribution >= 0.6 is 0 Å². The second-order valence-corrected chi connectivity index (χ2v) is 10.2. The van der Waals surface area contributed by atoms with Gasteiger partial charge in [0.15, 0.2) is 0 Å². The summed E-state index contributed by atoms with van der Waals surface area (Å²) in [5, 5.41) is 0. The smallest absolute Gasteiger partial charge is 0.0169 e. The lowest BCUT2D eigenvalue weighted by molar-refractivity contribution is 0.338. The highest BCUT2D eigenvalue weighted by molar-refractivity contribution is 5.23. The first-order valence-corrected chi connectivity index (χ1v) is 14.8. The molecular formula is C31H62. The predicted octanol–water partition coefficient (Wildman–Crippen LogP) is 11.4. The van der Waals surface area contributed by atoms with Crippen LogP contribution in [0.25, 0.3) is 0 Å². The van der Waals surface area contributed by atoms with Crippen molar-refractivity contribution in [1.82, 2.24) is 0 Å². The number of rotatable bonds is 10. The third-order valence-electron chi connectivity index (χ3n) is 8.49. The Morgan fingerprint density at radius 1 is 0.806 bits per heavy atom. The molecule has 0 aliphatic heterocycles. The Morgan fingerprint density at radius 2 is 1.42 bits per heavy atom. The van der Waals surface area contributed by atoms with Crippen LogP contribution in [0.5, 0.6) is 0 Å². The normalized spacial score (nSPS) is 26.9. The molecule has 2 rings (SSSR count). The molecule has 0 aromatic carbocycles. The lowest BCUT2D eigenvalue weighted by Crippen LogP contribution is -2.19. The van der Waals surface area contributed by atoms with E-state index in [9.17, 15) is 0 Å². The molecule has 0 radical (unpaired) electrons. The van der Waals surface area contributed by atoms with Crippen molar-refractivity contribution in [2.24, 2.45) is 29.6 Å². The average molecular weight is 435 g/mol. The van der Waals surface area contributed by atoms with Gasteiger partial charge in [0.2, 0.25) is 0 Å². The SMILES string of the molecule is CC.CCC(CC)CC.CCCC/C(CC)=C1/C(C)C(CCCC)CCC2CCCC12. The van der Waals surface area contributed by atoms with Crippen LogP contribution in [0.3, 0.4) is 0 Å². The lowest BCUT2D eigenvalue weighted by atomic mass is 9.75. The van der Waals surface area contributed by atoms with E-state index in [-0.39, 0.29) is 0 Å². The Bertz CT molecular complexity index is 422. The second kappa shape index (κ2) is 19.2. The number of hydrogen-bond acceptors (Lipinski definition) is 0. The number of allylic oxidation sites excluding steroid dienone is 2. The van der Waals surface area contributed by atoms with Crippen LogP contribution in [0.2, 0.25) is 0 Å². The van der Waals surface area contributed by atoms with Crippen LogP contribution in [0.15, 0.2) is 11.1 Å². The van der Waals surface area contributed by atoms with E-state index < -0.39 is 0 Å². The van der Waals surface area contributed by atoms with Gasteiger partial charge >= 0.3 is 0 Å². The molecule has 0 aromatic rings. The molecule has 0 aromatic heterocycles. The molecule has 0 nitrogen and oxygen atoms in total. The summed E-state index contributed by atoms with van der Waals surface area (Å²) >= 11 is 0. The standard InChI is InChI=1S/C22H40.C7H16.C2H6/c1-5-8-11-18(7-3)22-17(4)19(12-9-6-2)15-16-20-13-10-14-21(20)22;1-4-7(5-2)6-3;1-2/h17,19-21H,5-16H2,1-4H3;7H,4-6H2,1-3H3;1-2H3/b22-18-;;. The molecule has 2 aliphatic rings. The van der Waals surface area contributed by atoms with Crippen molar-refractivity contribution in [3.8, 4) is 0 Å². The summed E-state index contributed by atoms with van der Waals surface area (Å²) in [4.78, 5) is 0. The number of hydrogen-bond donors (Lipinski definition) is 0. The fourth-order valence-electron chi connectivity index (χ4n) is 6.29. The van der Waals surface area contributed by atoms with Gasteiger partial charge in [0.1, 0.15) is 0 Å². The maximum Gasteiger partial charge on any atom is -0.0169 e. The Labute approximate surface area is 199 Å². The van der Waals surface area contributed by atoms with Gasteiger partial charge in [0.05, 0.1) is 0 Å². The van der Waals surface area contributed by atoms with E-state index in [0.717, 1.165) is 29.6 Å². The maximum atomic E-state index is 2.60. The van der Waals surface area contributed by atoms with Gasteiger partial charge in [0.25, 0.3) is 0 Å². The summed E-state index contributed by atoms with van der Waals surface area (Å²) in [5.41, 5.74) is 3.84. The van der Waals surface area contributed by atoms with E-state index in [4.69, 9.17) is 0 Å². The number of fused-ring (bicyclic) bond motifs is 1. The van der Waals surface area contributed by atoms with E-state index in [1.165, 1.54) is 96.3 Å². The molecule has 0 amide bonds. The Kier molecular flexibility index (Phi) is 19.1. The fourth-order valence-corrected chi connectivity index (χ4v) is 6.29. The quantitative estimate of drug-likeness (QED) is 0.300. The third kappa shape index (κ3) is 10.5. The summed E-state index contributed by atoms with van der Waals surface area (Å²) in [6, 6.07) is 0. The molecule has 4 unspecified atom stereocenters. The Hall–Kier alpha value is -0.260. The van der Waals surface area contributed by atoms with Crippen molar-refractivity contribution in [2.45, 2.75) is 159 Å². The van der Waals surface area contributed by atoms with Crippen molar-refractivity contribution in [2.75, 3.05) is 0 Å². The van der Waals surface area contributed by atoms with Crippen molar-refractivity contribution in [1.29, 1.82) is 0 Å². The van der Waals surface area contributed by atoms with Crippen molar-refractivity contribution >= 4 is 0 Å².